The predicted molar refractivity (Wildman–Crippen MR) is 182 cm³/mol. The molecule has 248 valence electrons. The third kappa shape index (κ3) is 7.50. The Morgan fingerprint density at radius 1 is 1.04 bits per heavy atom. The number of oxime groups is 1. The SMILES string of the molecule is C=CCOc1ccc2c(c1)[C@H]1[C@H](CCCCO)[C@@H](CCCCO)C=C3C(=NOCC)C[C@H](SC4CCCC4)[C@@](OCC=C)(O2)[C@H]31. The first kappa shape index (κ1) is 34.1. The first-order valence-corrected chi connectivity index (χ1v) is 18.1. The minimum atomic E-state index is -0.898. The molecule has 2 saturated carbocycles. The summed E-state index contributed by atoms with van der Waals surface area (Å²) in [6, 6.07) is 6.22. The van der Waals surface area contributed by atoms with E-state index in [1.54, 1.807) is 6.08 Å². The van der Waals surface area contributed by atoms with Gasteiger partial charge in [0.05, 0.1) is 23.5 Å². The summed E-state index contributed by atoms with van der Waals surface area (Å²) >= 11 is 2.02. The molecule has 2 fully saturated rings. The molecule has 0 aromatic heterocycles. The van der Waals surface area contributed by atoms with Crippen LogP contribution in [0, 0.1) is 17.8 Å². The number of hydrogen-bond donors (Lipinski definition) is 2. The maximum atomic E-state index is 9.75. The van der Waals surface area contributed by atoms with Crippen LogP contribution in [-0.2, 0) is 9.57 Å². The lowest BCUT2D eigenvalue weighted by molar-refractivity contribution is -0.223. The van der Waals surface area contributed by atoms with Crippen molar-refractivity contribution in [2.24, 2.45) is 22.9 Å². The topological polar surface area (TPSA) is 89.7 Å². The number of aliphatic hydroxyl groups is 2. The van der Waals surface area contributed by atoms with E-state index in [0.29, 0.717) is 31.5 Å². The summed E-state index contributed by atoms with van der Waals surface area (Å²) in [6.45, 7) is 11.6. The Morgan fingerprint density at radius 3 is 2.51 bits per heavy atom. The van der Waals surface area contributed by atoms with Crippen molar-refractivity contribution in [1.29, 1.82) is 0 Å². The van der Waals surface area contributed by atoms with Gasteiger partial charge < -0.3 is 29.3 Å². The largest absolute Gasteiger partial charge is 0.490 e. The number of unbranched alkanes of at least 4 members (excludes halogenated alkanes) is 2. The van der Waals surface area contributed by atoms with Gasteiger partial charge >= 0.3 is 0 Å². The van der Waals surface area contributed by atoms with Crippen LogP contribution in [0.4, 0.5) is 0 Å². The first-order chi connectivity index (χ1) is 22.1. The molecule has 0 spiro atoms. The standard InChI is InChI=1S/C37H53NO6S/c1-4-21-41-27-17-18-33-31(24-27)35-29(16-10-12-20-40)26(13-9-11-19-39)23-30-32(38-43-6-3)25-34(45-28-14-7-8-15-28)37(44-33,36(30)35)42-22-5-2/h4-5,17-18,23-24,26,28-29,34-36,39-40H,1-2,6-16,19-22,25H2,3H3/t26-,29+,34-,35+,36+,37+/m0/s1. The molecule has 6 atom stereocenters. The highest BCUT2D eigenvalue weighted by atomic mass is 32.2. The normalized spacial score (nSPS) is 29.8. The van der Waals surface area contributed by atoms with Gasteiger partial charge in [0.1, 0.15) is 24.7 Å². The smallest absolute Gasteiger partial charge is 0.230 e. The molecule has 45 heavy (non-hydrogen) atoms. The number of rotatable bonds is 18. The third-order valence-corrected chi connectivity index (χ3v) is 11.6. The Labute approximate surface area is 274 Å². The minimum absolute atomic E-state index is 0.0262. The molecular weight excluding hydrogens is 586 g/mol. The quantitative estimate of drug-likeness (QED) is 0.0972. The fraction of sp³-hybridized carbons (Fsp3) is 0.649. The van der Waals surface area contributed by atoms with E-state index in [9.17, 15) is 10.2 Å². The maximum absolute atomic E-state index is 9.75. The average Bonchev–Trinajstić information content (AvgIpc) is 3.57. The predicted octanol–water partition coefficient (Wildman–Crippen LogP) is 7.58. The monoisotopic (exact) mass is 639 g/mol. The number of aliphatic hydroxyl groups excluding tert-OH is 2. The summed E-state index contributed by atoms with van der Waals surface area (Å²) < 4.78 is 20.3. The van der Waals surface area contributed by atoms with Crippen molar-refractivity contribution in [2.75, 3.05) is 33.0 Å². The number of benzene rings is 1. The molecule has 1 heterocycles. The Bertz CT molecular complexity index is 1200. The molecule has 1 aliphatic heterocycles. The van der Waals surface area contributed by atoms with Gasteiger partial charge in [-0.1, -0.05) is 55.6 Å². The van der Waals surface area contributed by atoms with Crippen molar-refractivity contribution >= 4 is 17.5 Å². The summed E-state index contributed by atoms with van der Waals surface area (Å²) in [6.07, 6.45) is 17.1. The van der Waals surface area contributed by atoms with Crippen LogP contribution in [0.25, 0.3) is 0 Å². The summed E-state index contributed by atoms with van der Waals surface area (Å²) in [4.78, 5) is 5.80. The second-order valence-corrected chi connectivity index (χ2v) is 14.3. The molecule has 0 saturated heterocycles. The van der Waals surface area contributed by atoms with Gasteiger partial charge in [0.15, 0.2) is 0 Å². The maximum Gasteiger partial charge on any atom is 0.230 e. The van der Waals surface area contributed by atoms with Gasteiger partial charge in [-0.3, -0.25) is 0 Å². The number of hydrogen-bond acceptors (Lipinski definition) is 8. The van der Waals surface area contributed by atoms with Crippen LogP contribution in [-0.4, -0.2) is 65.2 Å². The molecule has 1 aromatic rings. The Hall–Kier alpha value is -2.26. The number of fused-ring (bicyclic) bond motifs is 2. The van der Waals surface area contributed by atoms with Crippen molar-refractivity contribution in [3.8, 4) is 11.5 Å². The summed E-state index contributed by atoms with van der Waals surface area (Å²) in [5.74, 6) is 1.31. The van der Waals surface area contributed by atoms with Gasteiger partial charge in [0.25, 0.3) is 0 Å². The van der Waals surface area contributed by atoms with Gasteiger partial charge in [-0.05, 0) is 81.1 Å². The number of allylic oxidation sites excluding steroid dienone is 1. The number of ether oxygens (including phenoxy) is 3. The molecule has 8 heteroatoms. The van der Waals surface area contributed by atoms with E-state index in [-0.39, 0.29) is 42.1 Å². The summed E-state index contributed by atoms with van der Waals surface area (Å²) in [7, 11) is 0. The van der Waals surface area contributed by atoms with E-state index in [1.165, 1.54) is 31.3 Å². The van der Waals surface area contributed by atoms with Crippen molar-refractivity contribution in [3.63, 3.8) is 0 Å². The Morgan fingerprint density at radius 2 is 1.80 bits per heavy atom. The third-order valence-electron chi connectivity index (χ3n) is 9.95. The van der Waals surface area contributed by atoms with Crippen molar-refractivity contribution in [2.45, 2.75) is 99.8 Å². The van der Waals surface area contributed by atoms with Crippen molar-refractivity contribution in [1.82, 2.24) is 0 Å². The van der Waals surface area contributed by atoms with Crippen LogP contribution >= 0.6 is 11.8 Å². The second-order valence-electron chi connectivity index (χ2n) is 12.8. The lowest BCUT2D eigenvalue weighted by Crippen LogP contribution is -2.64. The van der Waals surface area contributed by atoms with Gasteiger partial charge in [-0.25, -0.2) is 0 Å². The van der Waals surface area contributed by atoms with Crippen LogP contribution in [0.5, 0.6) is 11.5 Å². The van der Waals surface area contributed by atoms with E-state index in [0.717, 1.165) is 61.3 Å². The highest BCUT2D eigenvalue weighted by Gasteiger charge is 2.64. The van der Waals surface area contributed by atoms with E-state index < -0.39 is 5.79 Å². The van der Waals surface area contributed by atoms with E-state index in [4.69, 9.17) is 24.2 Å². The Balaban J connectivity index is 1.71. The first-order valence-electron chi connectivity index (χ1n) is 17.2. The molecule has 7 nitrogen and oxygen atoms in total. The fourth-order valence-electron chi connectivity index (χ4n) is 8.09. The van der Waals surface area contributed by atoms with Gasteiger partial charge in [0.2, 0.25) is 5.79 Å². The van der Waals surface area contributed by atoms with Gasteiger partial charge in [-0.2, -0.15) is 0 Å². The fourth-order valence-corrected chi connectivity index (χ4v) is 9.86. The summed E-state index contributed by atoms with van der Waals surface area (Å²) in [5, 5.41) is 24.8. The molecule has 0 bridgehead atoms. The highest BCUT2D eigenvalue weighted by Crippen LogP contribution is 2.63. The lowest BCUT2D eigenvalue weighted by atomic mass is 9.56. The molecule has 2 N–H and O–H groups in total. The molecule has 3 aliphatic carbocycles. The van der Waals surface area contributed by atoms with Crippen LogP contribution in [0.2, 0.25) is 0 Å². The zero-order valence-corrected chi connectivity index (χ0v) is 27.9. The van der Waals surface area contributed by atoms with Gasteiger partial charge in [0, 0.05) is 36.4 Å². The average molecular weight is 640 g/mol. The van der Waals surface area contributed by atoms with Crippen LogP contribution < -0.4 is 9.47 Å². The van der Waals surface area contributed by atoms with Crippen LogP contribution in [0.3, 0.4) is 0 Å². The minimum Gasteiger partial charge on any atom is -0.490 e. The summed E-state index contributed by atoms with van der Waals surface area (Å²) in [5.41, 5.74) is 3.33. The molecule has 5 rings (SSSR count). The van der Waals surface area contributed by atoms with E-state index in [1.807, 2.05) is 30.8 Å². The second kappa shape index (κ2) is 16.5. The zero-order valence-electron chi connectivity index (χ0n) is 27.0. The Kier molecular flexibility index (Phi) is 12.5. The van der Waals surface area contributed by atoms with Gasteiger partial charge in [-0.15, -0.1) is 18.3 Å². The van der Waals surface area contributed by atoms with Crippen molar-refractivity contribution in [3.05, 3.63) is 60.7 Å². The molecule has 4 aliphatic rings. The molecule has 0 radical (unpaired) electrons. The lowest BCUT2D eigenvalue weighted by Gasteiger charge is -2.58. The zero-order chi connectivity index (χ0) is 31.6. The van der Waals surface area contributed by atoms with E-state index >= 15 is 0 Å². The van der Waals surface area contributed by atoms with Crippen LogP contribution in [0.15, 0.2) is 60.3 Å². The molecule has 1 aromatic carbocycles. The van der Waals surface area contributed by atoms with Crippen LogP contribution in [0.1, 0.15) is 89.0 Å². The number of thioether (sulfide) groups is 1. The highest BCUT2D eigenvalue weighted by molar-refractivity contribution is 8.00. The van der Waals surface area contributed by atoms with Crippen molar-refractivity contribution < 1.29 is 29.3 Å². The molecular formula is C37H53NO6S. The molecule has 0 amide bonds. The van der Waals surface area contributed by atoms with E-state index in [2.05, 4.69) is 31.4 Å². The number of nitrogens with zero attached hydrogens (tertiary/aromatic N) is 1. The molecule has 0 unspecified atom stereocenters.